The van der Waals surface area contributed by atoms with Crippen LogP contribution in [0, 0.1) is 0 Å². The molecule has 6 rings (SSSR count). The van der Waals surface area contributed by atoms with Gasteiger partial charge in [0.1, 0.15) is 5.82 Å². The molecule has 2 aliphatic rings. The van der Waals surface area contributed by atoms with Gasteiger partial charge in [-0.3, -0.25) is 19.9 Å². The summed E-state index contributed by atoms with van der Waals surface area (Å²) in [6, 6.07) is 17.8. The van der Waals surface area contributed by atoms with E-state index in [-0.39, 0.29) is 0 Å². The van der Waals surface area contributed by atoms with Crippen molar-refractivity contribution in [3.63, 3.8) is 0 Å². The zero-order valence-electron chi connectivity index (χ0n) is 20.8. The first-order valence-electron chi connectivity index (χ1n) is 12.9. The lowest BCUT2D eigenvalue weighted by Crippen LogP contribution is -2.37. The van der Waals surface area contributed by atoms with Gasteiger partial charge in [0.2, 0.25) is 0 Å². The lowest BCUT2D eigenvalue weighted by Gasteiger charge is -2.34. The maximum absolute atomic E-state index is 4.87. The Morgan fingerprint density at radius 3 is 2.70 bits per heavy atom. The van der Waals surface area contributed by atoms with Crippen molar-refractivity contribution in [3.8, 4) is 0 Å². The number of allylic oxidation sites excluding steroid dienone is 1. The van der Waals surface area contributed by atoms with Crippen LogP contribution in [0.15, 0.2) is 95.9 Å². The quantitative estimate of drug-likeness (QED) is 0.355. The second kappa shape index (κ2) is 11.0. The molecule has 0 radical (unpaired) electrons. The number of fused-ring (bicyclic) bond motifs is 2. The molecule has 7 heteroatoms. The van der Waals surface area contributed by atoms with E-state index in [9.17, 15) is 0 Å². The molecule has 0 bridgehead atoms. The third-order valence-corrected chi connectivity index (χ3v) is 7.07. The molecular weight excluding hydrogens is 458 g/mol. The van der Waals surface area contributed by atoms with Gasteiger partial charge in [-0.05, 0) is 47.8 Å². The molecule has 0 saturated heterocycles. The van der Waals surface area contributed by atoms with Gasteiger partial charge in [0, 0.05) is 50.5 Å². The fourth-order valence-electron chi connectivity index (χ4n) is 5.15. The number of H-pyrrole nitrogens is 1. The first-order valence-corrected chi connectivity index (χ1v) is 12.9. The molecule has 0 saturated carbocycles. The molecule has 1 aliphatic carbocycles. The lowest BCUT2D eigenvalue weighted by molar-refractivity contribution is 0.188. The standard InChI is InChI=1S/C30H31N7/c1-2-6-29-28(5-1)35-30(36-29)21-37(26-11-12-27-24(16-26)4-3-13-34-27)20-23-9-7-22(8-10-23)17-32-19-25-18-31-14-15-33-25/h1-10,13-16,18,26-27,32H,11-12,17,19-21H2,(H,35,36). The number of para-hydroxylation sites is 2. The SMILES string of the molecule is C1=CC2=CC(N(Cc3ccc(CNCc4cnccn4)cc3)Cc3nc4ccccc4[nH]3)CCC2N=C1. The highest BCUT2D eigenvalue weighted by Gasteiger charge is 2.26. The number of nitrogens with zero attached hydrogens (tertiary/aromatic N) is 5. The second-order valence-corrected chi connectivity index (χ2v) is 9.71. The Morgan fingerprint density at radius 2 is 1.84 bits per heavy atom. The van der Waals surface area contributed by atoms with Crippen LogP contribution >= 0.6 is 0 Å². The van der Waals surface area contributed by atoms with E-state index in [2.05, 4.69) is 78.7 Å². The average Bonchev–Trinajstić information content (AvgIpc) is 3.36. The second-order valence-electron chi connectivity index (χ2n) is 9.71. The number of hydrogen-bond acceptors (Lipinski definition) is 6. The van der Waals surface area contributed by atoms with Gasteiger partial charge in [-0.1, -0.05) is 48.6 Å². The Morgan fingerprint density at radius 1 is 0.946 bits per heavy atom. The van der Waals surface area contributed by atoms with Crippen molar-refractivity contribution in [1.29, 1.82) is 0 Å². The molecule has 3 heterocycles. The topological polar surface area (TPSA) is 82.1 Å². The summed E-state index contributed by atoms with van der Waals surface area (Å²) in [7, 11) is 0. The zero-order valence-corrected chi connectivity index (χ0v) is 20.8. The number of dihydropyridines is 1. The van der Waals surface area contributed by atoms with E-state index < -0.39 is 0 Å². The van der Waals surface area contributed by atoms with E-state index >= 15 is 0 Å². The summed E-state index contributed by atoms with van der Waals surface area (Å²) in [6.45, 7) is 3.12. The largest absolute Gasteiger partial charge is 0.341 e. The predicted molar refractivity (Wildman–Crippen MR) is 147 cm³/mol. The van der Waals surface area contributed by atoms with Gasteiger partial charge in [0.15, 0.2) is 0 Å². The highest BCUT2D eigenvalue weighted by Crippen LogP contribution is 2.29. The van der Waals surface area contributed by atoms with Crippen LogP contribution in [0.1, 0.15) is 35.5 Å². The Bertz CT molecular complexity index is 1390. The number of imidazole rings is 1. The summed E-state index contributed by atoms with van der Waals surface area (Å²) in [4.78, 5) is 24.0. The number of nitrogens with one attached hydrogen (secondary N) is 2. The molecule has 2 unspecified atom stereocenters. The Kier molecular flexibility index (Phi) is 6.97. The highest BCUT2D eigenvalue weighted by molar-refractivity contribution is 5.75. The van der Waals surface area contributed by atoms with Gasteiger partial charge in [-0.2, -0.15) is 0 Å². The third kappa shape index (κ3) is 5.74. The van der Waals surface area contributed by atoms with Gasteiger partial charge in [0.25, 0.3) is 0 Å². The van der Waals surface area contributed by atoms with E-state index in [1.165, 1.54) is 16.7 Å². The fourth-order valence-corrected chi connectivity index (χ4v) is 5.15. The number of hydrogen-bond donors (Lipinski definition) is 2. The van der Waals surface area contributed by atoms with Crippen LogP contribution in [0.25, 0.3) is 11.0 Å². The number of aromatic amines is 1. The van der Waals surface area contributed by atoms with Crippen molar-refractivity contribution in [2.75, 3.05) is 0 Å². The number of aliphatic imine (C=N–C) groups is 1. The van der Waals surface area contributed by atoms with Crippen LogP contribution in [0.3, 0.4) is 0 Å². The molecule has 186 valence electrons. The Labute approximate surface area is 217 Å². The van der Waals surface area contributed by atoms with E-state index in [4.69, 9.17) is 4.98 Å². The van der Waals surface area contributed by atoms with Crippen molar-refractivity contribution in [2.24, 2.45) is 4.99 Å². The van der Waals surface area contributed by atoms with Gasteiger partial charge in [-0.15, -0.1) is 0 Å². The van der Waals surface area contributed by atoms with E-state index in [1.54, 1.807) is 18.6 Å². The third-order valence-electron chi connectivity index (χ3n) is 7.07. The molecule has 1 aliphatic heterocycles. The van der Waals surface area contributed by atoms with Crippen LogP contribution in [0.5, 0.6) is 0 Å². The maximum Gasteiger partial charge on any atom is 0.121 e. The van der Waals surface area contributed by atoms with Gasteiger partial charge < -0.3 is 10.3 Å². The van der Waals surface area contributed by atoms with E-state index in [0.717, 1.165) is 55.0 Å². The Balaban J connectivity index is 1.17. The summed E-state index contributed by atoms with van der Waals surface area (Å²) < 4.78 is 0. The van der Waals surface area contributed by atoms with Gasteiger partial charge in [-0.25, -0.2) is 4.98 Å². The molecule has 37 heavy (non-hydrogen) atoms. The minimum Gasteiger partial charge on any atom is -0.341 e. The first-order chi connectivity index (χ1) is 18.3. The summed E-state index contributed by atoms with van der Waals surface area (Å²) >= 11 is 0. The summed E-state index contributed by atoms with van der Waals surface area (Å²) in [5.41, 5.74) is 6.93. The molecule has 2 atom stereocenters. The minimum atomic E-state index is 0.308. The van der Waals surface area contributed by atoms with Crippen LogP contribution < -0.4 is 5.32 Å². The van der Waals surface area contributed by atoms with Crippen LogP contribution in [-0.2, 0) is 26.2 Å². The lowest BCUT2D eigenvalue weighted by atomic mass is 9.89. The van der Waals surface area contributed by atoms with Crippen LogP contribution in [0.2, 0.25) is 0 Å². The molecule has 0 amide bonds. The molecule has 7 nitrogen and oxygen atoms in total. The number of benzene rings is 2. The molecule has 2 aromatic carbocycles. The van der Waals surface area contributed by atoms with Crippen LogP contribution in [0.4, 0.5) is 0 Å². The summed E-state index contributed by atoms with van der Waals surface area (Å²) in [5, 5.41) is 3.45. The zero-order chi connectivity index (χ0) is 24.9. The fraction of sp³-hybridized carbons (Fsp3) is 0.267. The van der Waals surface area contributed by atoms with Crippen molar-refractivity contribution >= 4 is 17.2 Å². The van der Waals surface area contributed by atoms with Crippen molar-refractivity contribution < 1.29 is 0 Å². The van der Waals surface area contributed by atoms with Crippen LogP contribution in [-0.4, -0.2) is 43.1 Å². The van der Waals surface area contributed by atoms with E-state index in [1.807, 2.05) is 24.4 Å². The van der Waals surface area contributed by atoms with E-state index in [0.29, 0.717) is 18.6 Å². The normalized spacial score (nSPS) is 18.8. The predicted octanol–water partition coefficient (Wildman–Crippen LogP) is 4.74. The monoisotopic (exact) mass is 489 g/mol. The summed E-state index contributed by atoms with van der Waals surface area (Å²) in [6.07, 6.45) is 16.0. The molecule has 0 spiro atoms. The molecule has 2 N–H and O–H groups in total. The van der Waals surface area contributed by atoms with Gasteiger partial charge >= 0.3 is 0 Å². The number of aromatic nitrogens is 4. The molecule has 0 fully saturated rings. The average molecular weight is 490 g/mol. The molecule has 4 aromatic rings. The van der Waals surface area contributed by atoms with Gasteiger partial charge in [0.05, 0.1) is 29.3 Å². The van der Waals surface area contributed by atoms with Crippen molar-refractivity contribution in [1.82, 2.24) is 30.2 Å². The highest BCUT2D eigenvalue weighted by atomic mass is 15.2. The smallest absolute Gasteiger partial charge is 0.121 e. The number of rotatable bonds is 9. The minimum absolute atomic E-state index is 0.308. The summed E-state index contributed by atoms with van der Waals surface area (Å²) in [5.74, 6) is 1.00. The molecular formula is C30H31N7. The maximum atomic E-state index is 4.87. The van der Waals surface area contributed by atoms with Crippen molar-refractivity contribution in [2.45, 2.75) is 51.1 Å². The molecule has 2 aromatic heterocycles. The Hall–Kier alpha value is -3.94. The first kappa shape index (κ1) is 23.5. The van der Waals surface area contributed by atoms with Crippen molar-refractivity contribution in [3.05, 3.63) is 114 Å².